The highest BCUT2D eigenvalue weighted by Crippen LogP contribution is 2.39. The molecule has 1 aromatic heterocycles. The zero-order valence-electron chi connectivity index (χ0n) is 25.1. The number of benzene rings is 1. The van der Waals surface area contributed by atoms with E-state index in [1.165, 1.54) is 18.6 Å². The number of rotatable bonds is 12. The SMILES string of the molecule is CCN(C(=O)c1cc(-c2ccccc2OC(F)(F)F)n(C2CCCC2)n1)[C@@H](CCN1CCCCC1)CC(=O)NC1CCC1. The second kappa shape index (κ2) is 14.1. The highest BCUT2D eigenvalue weighted by molar-refractivity contribution is 5.94. The monoisotopic (exact) mass is 603 g/mol. The molecule has 0 spiro atoms. The van der Waals surface area contributed by atoms with Gasteiger partial charge in [0.1, 0.15) is 5.75 Å². The second-order valence-corrected chi connectivity index (χ2v) is 12.2. The molecule has 1 saturated heterocycles. The molecule has 2 aliphatic carbocycles. The maximum absolute atomic E-state index is 14.2. The minimum absolute atomic E-state index is 0.0197. The number of carbonyl (C=O) groups is 2. The Morgan fingerprint density at radius 3 is 2.42 bits per heavy atom. The maximum atomic E-state index is 14.2. The lowest BCUT2D eigenvalue weighted by molar-refractivity contribution is -0.274. The molecule has 2 amide bonds. The van der Waals surface area contributed by atoms with E-state index in [2.05, 4.69) is 15.0 Å². The van der Waals surface area contributed by atoms with E-state index < -0.39 is 6.36 Å². The smallest absolute Gasteiger partial charge is 0.405 e. The average Bonchev–Trinajstić information content (AvgIpc) is 3.64. The van der Waals surface area contributed by atoms with E-state index in [0.717, 1.165) is 77.4 Å². The van der Waals surface area contributed by atoms with Crippen LogP contribution >= 0.6 is 0 Å². The van der Waals surface area contributed by atoms with Gasteiger partial charge in [0.2, 0.25) is 5.91 Å². The predicted molar refractivity (Wildman–Crippen MR) is 158 cm³/mol. The lowest BCUT2D eigenvalue weighted by atomic mass is 9.93. The number of likely N-dealkylation sites (tertiary alicyclic amines) is 1. The van der Waals surface area contributed by atoms with Crippen molar-refractivity contribution in [2.45, 2.75) is 108 Å². The molecule has 0 radical (unpaired) electrons. The van der Waals surface area contributed by atoms with E-state index in [-0.39, 0.29) is 53.4 Å². The summed E-state index contributed by atoms with van der Waals surface area (Å²) in [7, 11) is 0. The molecular formula is C32H44F3N5O3. The number of nitrogens with one attached hydrogen (secondary N) is 1. The average molecular weight is 604 g/mol. The van der Waals surface area contributed by atoms with Crippen molar-refractivity contribution in [3.8, 4) is 17.0 Å². The standard InChI is InChI=1S/C32H44F3N5O3/c1-2-39(25(17-20-38-18-8-3-9-19-38)21-30(41)36-23-11-10-12-23)31(42)27-22-28(40(37-27)24-13-4-5-14-24)26-15-6-7-16-29(26)43-32(33,34)35/h6-7,15-16,22-25H,2-5,8-14,17-21H2,1H3,(H,36,41)/t25-/m0/s1. The van der Waals surface area contributed by atoms with Crippen molar-refractivity contribution in [3.63, 3.8) is 0 Å². The fourth-order valence-electron chi connectivity index (χ4n) is 6.67. The minimum atomic E-state index is -4.85. The summed E-state index contributed by atoms with van der Waals surface area (Å²) in [6.07, 6.45) is 6.30. The van der Waals surface area contributed by atoms with E-state index in [1.807, 2.05) is 6.92 Å². The van der Waals surface area contributed by atoms with Crippen LogP contribution in [0.1, 0.15) is 101 Å². The van der Waals surface area contributed by atoms with Gasteiger partial charge in [-0.3, -0.25) is 14.3 Å². The Bertz CT molecular complexity index is 1230. The number of nitrogens with zero attached hydrogens (tertiary/aromatic N) is 4. The van der Waals surface area contributed by atoms with Crippen LogP contribution in [0.5, 0.6) is 5.75 Å². The molecule has 5 rings (SSSR count). The van der Waals surface area contributed by atoms with E-state index >= 15 is 0 Å². The molecule has 0 bridgehead atoms. The van der Waals surface area contributed by atoms with Crippen LogP contribution in [-0.4, -0.2) is 76.0 Å². The number of ether oxygens (including phenoxy) is 1. The summed E-state index contributed by atoms with van der Waals surface area (Å²) in [5, 5.41) is 7.86. The van der Waals surface area contributed by atoms with Crippen molar-refractivity contribution in [2.24, 2.45) is 0 Å². The second-order valence-electron chi connectivity index (χ2n) is 12.2. The highest BCUT2D eigenvalue weighted by atomic mass is 19.4. The number of hydrogen-bond donors (Lipinski definition) is 1. The van der Waals surface area contributed by atoms with Gasteiger partial charge in [-0.25, -0.2) is 0 Å². The van der Waals surface area contributed by atoms with E-state index in [0.29, 0.717) is 18.7 Å². The Balaban J connectivity index is 1.43. The van der Waals surface area contributed by atoms with Crippen molar-refractivity contribution in [1.29, 1.82) is 0 Å². The molecule has 0 unspecified atom stereocenters. The van der Waals surface area contributed by atoms with Gasteiger partial charge in [-0.15, -0.1) is 13.2 Å². The normalized spacial score (nSPS) is 19.2. The Morgan fingerprint density at radius 1 is 1.05 bits per heavy atom. The lowest BCUT2D eigenvalue weighted by Gasteiger charge is -2.34. The van der Waals surface area contributed by atoms with Crippen LogP contribution in [0.25, 0.3) is 11.3 Å². The first-order valence-electron chi connectivity index (χ1n) is 16.0. The van der Waals surface area contributed by atoms with Crippen LogP contribution in [0.15, 0.2) is 30.3 Å². The third-order valence-electron chi connectivity index (χ3n) is 9.17. The third-order valence-corrected chi connectivity index (χ3v) is 9.17. The molecular weight excluding hydrogens is 559 g/mol. The Hall–Kier alpha value is -3.08. The first kappa shape index (κ1) is 31.3. The van der Waals surface area contributed by atoms with Crippen LogP contribution in [-0.2, 0) is 4.79 Å². The Labute approximate surface area is 251 Å². The van der Waals surface area contributed by atoms with Crippen molar-refractivity contribution in [1.82, 2.24) is 24.9 Å². The maximum Gasteiger partial charge on any atom is 0.573 e. The molecule has 2 aromatic rings. The van der Waals surface area contributed by atoms with Gasteiger partial charge in [0.25, 0.3) is 5.91 Å². The summed E-state index contributed by atoms with van der Waals surface area (Å²) < 4.78 is 46.0. The Morgan fingerprint density at radius 2 is 1.77 bits per heavy atom. The zero-order valence-corrected chi connectivity index (χ0v) is 25.1. The van der Waals surface area contributed by atoms with Crippen molar-refractivity contribution in [3.05, 3.63) is 36.0 Å². The number of para-hydroxylation sites is 1. The predicted octanol–water partition coefficient (Wildman–Crippen LogP) is 6.33. The van der Waals surface area contributed by atoms with Gasteiger partial charge >= 0.3 is 6.36 Å². The summed E-state index contributed by atoms with van der Waals surface area (Å²) in [5.41, 5.74) is 0.842. The topological polar surface area (TPSA) is 79.7 Å². The summed E-state index contributed by atoms with van der Waals surface area (Å²) in [6.45, 7) is 5.14. The van der Waals surface area contributed by atoms with Gasteiger partial charge in [-0.05, 0) is 89.6 Å². The van der Waals surface area contributed by atoms with E-state index in [1.54, 1.807) is 27.8 Å². The van der Waals surface area contributed by atoms with Crippen LogP contribution in [0.2, 0.25) is 0 Å². The molecule has 43 heavy (non-hydrogen) atoms. The van der Waals surface area contributed by atoms with Gasteiger partial charge in [-0.2, -0.15) is 5.10 Å². The molecule has 8 nitrogen and oxygen atoms in total. The van der Waals surface area contributed by atoms with Gasteiger partial charge in [-0.1, -0.05) is 31.4 Å². The molecule has 3 fully saturated rings. The summed E-state index contributed by atoms with van der Waals surface area (Å²) in [5.74, 6) is -0.683. The number of alkyl halides is 3. The number of carbonyl (C=O) groups excluding carboxylic acids is 2. The molecule has 1 aliphatic heterocycles. The zero-order chi connectivity index (χ0) is 30.4. The number of halogens is 3. The Kier molecular flexibility index (Phi) is 10.3. The van der Waals surface area contributed by atoms with Crippen molar-refractivity contribution < 1.29 is 27.5 Å². The largest absolute Gasteiger partial charge is 0.573 e. The molecule has 1 atom stereocenters. The lowest BCUT2D eigenvalue weighted by Crippen LogP contribution is -2.47. The van der Waals surface area contributed by atoms with Gasteiger partial charge in [0.05, 0.1) is 11.7 Å². The molecule has 11 heteroatoms. The van der Waals surface area contributed by atoms with Gasteiger partial charge in [0, 0.05) is 37.2 Å². The number of piperidine rings is 1. The fraction of sp³-hybridized carbons (Fsp3) is 0.656. The summed E-state index contributed by atoms with van der Waals surface area (Å²) in [6, 6.07) is 7.47. The number of amides is 2. The summed E-state index contributed by atoms with van der Waals surface area (Å²) in [4.78, 5) is 31.4. The molecule has 1 N–H and O–H groups in total. The van der Waals surface area contributed by atoms with Gasteiger partial charge in [0.15, 0.2) is 5.69 Å². The molecule has 3 aliphatic rings. The van der Waals surface area contributed by atoms with Crippen LogP contribution < -0.4 is 10.1 Å². The first-order chi connectivity index (χ1) is 20.7. The molecule has 2 saturated carbocycles. The fourth-order valence-corrected chi connectivity index (χ4v) is 6.67. The van der Waals surface area contributed by atoms with Crippen molar-refractivity contribution in [2.75, 3.05) is 26.2 Å². The number of aromatic nitrogens is 2. The van der Waals surface area contributed by atoms with Crippen LogP contribution in [0.4, 0.5) is 13.2 Å². The van der Waals surface area contributed by atoms with E-state index in [9.17, 15) is 22.8 Å². The minimum Gasteiger partial charge on any atom is -0.405 e. The third kappa shape index (κ3) is 8.10. The molecule has 236 valence electrons. The summed E-state index contributed by atoms with van der Waals surface area (Å²) >= 11 is 0. The van der Waals surface area contributed by atoms with Crippen molar-refractivity contribution >= 4 is 11.8 Å². The number of hydrogen-bond acceptors (Lipinski definition) is 5. The molecule has 2 heterocycles. The van der Waals surface area contributed by atoms with Crippen LogP contribution in [0.3, 0.4) is 0 Å². The van der Waals surface area contributed by atoms with E-state index in [4.69, 9.17) is 5.10 Å². The highest BCUT2D eigenvalue weighted by Gasteiger charge is 2.35. The first-order valence-corrected chi connectivity index (χ1v) is 16.0. The quantitative estimate of drug-likeness (QED) is 0.307. The van der Waals surface area contributed by atoms with Gasteiger partial charge < -0.3 is 19.9 Å². The molecule has 1 aromatic carbocycles. The van der Waals surface area contributed by atoms with Crippen LogP contribution in [0, 0.1) is 0 Å².